The minimum Gasteiger partial charge on any atom is -0.491 e. The predicted octanol–water partition coefficient (Wildman–Crippen LogP) is 5.74. The average Bonchev–Trinajstić information content (AvgIpc) is 3.35. The Kier molecular flexibility index (Phi) is 9.09. The Bertz CT molecular complexity index is 1190. The van der Waals surface area contributed by atoms with Crippen molar-refractivity contribution in [1.29, 1.82) is 0 Å². The summed E-state index contributed by atoms with van der Waals surface area (Å²) in [7, 11) is 1.56. The van der Waals surface area contributed by atoms with Crippen molar-refractivity contribution in [3.8, 4) is 5.75 Å². The molecule has 1 N–H and O–H groups in total. The fourth-order valence-electron chi connectivity index (χ4n) is 4.06. The van der Waals surface area contributed by atoms with E-state index in [1.165, 1.54) is 9.78 Å². The number of fused-ring (bicyclic) bond motifs is 1. The minimum absolute atomic E-state index is 0.0906. The van der Waals surface area contributed by atoms with Gasteiger partial charge in [-0.05, 0) is 65.9 Å². The van der Waals surface area contributed by atoms with Crippen molar-refractivity contribution >= 4 is 52.2 Å². The van der Waals surface area contributed by atoms with E-state index < -0.39 is 6.03 Å². The number of carbonyl (C=O) groups is 2. The molecule has 2 heterocycles. The molecule has 1 aromatic heterocycles. The first kappa shape index (κ1) is 26.3. The second kappa shape index (κ2) is 12.5. The molecule has 4 rings (SSSR count). The lowest BCUT2D eigenvalue weighted by atomic mass is 10.0. The van der Waals surface area contributed by atoms with Crippen LogP contribution in [0.5, 0.6) is 5.75 Å². The van der Waals surface area contributed by atoms with Gasteiger partial charge < -0.3 is 24.6 Å². The molecule has 190 valence electrons. The summed E-state index contributed by atoms with van der Waals surface area (Å²) in [4.78, 5) is 31.1. The molecule has 36 heavy (non-hydrogen) atoms. The standard InChI is InChI=1S/C26H27Cl2N3O4S/c1-34-13-12-30(26(33)29-20-4-2-3-19(28)15-20)16-25(32)31-11-9-24-22(10-14-36-24)23(31)17-35-21-7-5-18(27)6-8-21/h2-8,10,14-15,23H,9,11-13,16-17H2,1H3,(H,29,33)/t23-/m1/s1. The first-order valence-electron chi connectivity index (χ1n) is 11.5. The van der Waals surface area contributed by atoms with Gasteiger partial charge in [0, 0.05) is 40.8 Å². The lowest BCUT2D eigenvalue weighted by Gasteiger charge is -2.37. The molecule has 0 spiro atoms. The number of hydrogen-bond acceptors (Lipinski definition) is 5. The summed E-state index contributed by atoms with van der Waals surface area (Å²) in [5.41, 5.74) is 1.64. The summed E-state index contributed by atoms with van der Waals surface area (Å²) < 4.78 is 11.2. The highest BCUT2D eigenvalue weighted by atomic mass is 35.5. The zero-order chi connectivity index (χ0) is 25.5. The molecular weight excluding hydrogens is 521 g/mol. The maximum atomic E-state index is 13.6. The van der Waals surface area contributed by atoms with Crippen LogP contribution >= 0.6 is 34.5 Å². The van der Waals surface area contributed by atoms with Crippen LogP contribution in [0.15, 0.2) is 60.0 Å². The van der Waals surface area contributed by atoms with E-state index in [-0.39, 0.29) is 25.0 Å². The first-order valence-corrected chi connectivity index (χ1v) is 13.1. The number of nitrogens with one attached hydrogen (secondary N) is 1. The number of benzene rings is 2. The lowest BCUT2D eigenvalue weighted by Crippen LogP contribution is -2.49. The summed E-state index contributed by atoms with van der Waals surface area (Å²) in [6, 6.07) is 15.4. The van der Waals surface area contributed by atoms with Crippen molar-refractivity contribution in [1.82, 2.24) is 9.80 Å². The molecule has 0 saturated heterocycles. The molecular formula is C26H27Cl2N3O4S. The van der Waals surface area contributed by atoms with Crippen LogP contribution in [-0.4, -0.2) is 61.7 Å². The third kappa shape index (κ3) is 6.70. The van der Waals surface area contributed by atoms with Gasteiger partial charge in [-0.25, -0.2) is 4.79 Å². The first-order chi connectivity index (χ1) is 17.4. The van der Waals surface area contributed by atoms with Crippen LogP contribution < -0.4 is 10.1 Å². The van der Waals surface area contributed by atoms with Crippen molar-refractivity contribution in [3.05, 3.63) is 80.5 Å². The Morgan fingerprint density at radius 2 is 1.94 bits per heavy atom. The second-order valence-corrected chi connectivity index (χ2v) is 10.1. The topological polar surface area (TPSA) is 71.1 Å². The molecule has 0 unspecified atom stereocenters. The lowest BCUT2D eigenvalue weighted by molar-refractivity contribution is -0.135. The molecule has 3 amide bonds. The maximum absolute atomic E-state index is 13.6. The van der Waals surface area contributed by atoms with Gasteiger partial charge in [0.25, 0.3) is 0 Å². The molecule has 1 aliphatic rings. The number of carbonyl (C=O) groups excluding carboxylic acids is 2. The Hall–Kier alpha value is -2.78. The smallest absolute Gasteiger partial charge is 0.322 e. The number of ether oxygens (including phenoxy) is 2. The van der Waals surface area contributed by atoms with Crippen LogP contribution in [0.3, 0.4) is 0 Å². The third-order valence-corrected chi connectivity index (χ3v) is 7.37. The Morgan fingerprint density at radius 1 is 1.14 bits per heavy atom. The van der Waals surface area contributed by atoms with Gasteiger partial charge in [-0.3, -0.25) is 4.79 Å². The summed E-state index contributed by atoms with van der Waals surface area (Å²) in [6.45, 7) is 1.32. The van der Waals surface area contributed by atoms with Gasteiger partial charge >= 0.3 is 6.03 Å². The summed E-state index contributed by atoms with van der Waals surface area (Å²) in [6.07, 6.45) is 0.767. The third-order valence-electron chi connectivity index (χ3n) is 5.89. The Labute approximate surface area is 224 Å². The maximum Gasteiger partial charge on any atom is 0.322 e. The van der Waals surface area contributed by atoms with E-state index in [4.69, 9.17) is 32.7 Å². The van der Waals surface area contributed by atoms with Gasteiger partial charge in [0.1, 0.15) is 18.9 Å². The van der Waals surface area contributed by atoms with E-state index in [1.807, 2.05) is 11.4 Å². The largest absolute Gasteiger partial charge is 0.491 e. The molecule has 0 radical (unpaired) electrons. The van der Waals surface area contributed by atoms with E-state index in [1.54, 1.807) is 71.9 Å². The SMILES string of the molecule is COCCN(CC(=O)N1CCc2sccc2[C@H]1COc1ccc(Cl)cc1)C(=O)Nc1cccc(Cl)c1. The van der Waals surface area contributed by atoms with Crippen molar-refractivity contribution < 1.29 is 19.1 Å². The highest BCUT2D eigenvalue weighted by Crippen LogP contribution is 2.34. The molecule has 0 aliphatic carbocycles. The Morgan fingerprint density at radius 3 is 2.69 bits per heavy atom. The zero-order valence-electron chi connectivity index (χ0n) is 19.8. The van der Waals surface area contributed by atoms with Crippen LogP contribution in [-0.2, 0) is 16.0 Å². The number of anilines is 1. The van der Waals surface area contributed by atoms with E-state index in [9.17, 15) is 9.59 Å². The van der Waals surface area contributed by atoms with Gasteiger partial charge in [0.05, 0.1) is 12.6 Å². The van der Waals surface area contributed by atoms with Crippen LogP contribution in [0, 0.1) is 0 Å². The van der Waals surface area contributed by atoms with Gasteiger partial charge in [-0.1, -0.05) is 29.3 Å². The molecule has 0 bridgehead atoms. The van der Waals surface area contributed by atoms with Gasteiger partial charge in [0.2, 0.25) is 5.91 Å². The number of methoxy groups -OCH3 is 1. The number of hydrogen-bond donors (Lipinski definition) is 1. The van der Waals surface area contributed by atoms with E-state index >= 15 is 0 Å². The van der Waals surface area contributed by atoms with Crippen molar-refractivity contribution in [2.45, 2.75) is 12.5 Å². The molecule has 1 aliphatic heterocycles. The molecule has 0 fully saturated rings. The number of amides is 3. The van der Waals surface area contributed by atoms with Crippen molar-refractivity contribution in [2.24, 2.45) is 0 Å². The van der Waals surface area contributed by atoms with Crippen molar-refractivity contribution in [3.63, 3.8) is 0 Å². The number of halogens is 2. The average molecular weight is 548 g/mol. The van der Waals surface area contributed by atoms with Gasteiger partial charge in [-0.2, -0.15) is 0 Å². The van der Waals surface area contributed by atoms with Crippen LogP contribution in [0.4, 0.5) is 10.5 Å². The zero-order valence-corrected chi connectivity index (χ0v) is 22.1. The second-order valence-electron chi connectivity index (χ2n) is 8.27. The molecule has 10 heteroatoms. The fraction of sp³-hybridized carbons (Fsp3) is 0.308. The molecule has 3 aromatic rings. The quantitative estimate of drug-likeness (QED) is 0.370. The number of thiophene rings is 1. The van der Waals surface area contributed by atoms with Crippen LogP contribution in [0.25, 0.3) is 0 Å². The minimum atomic E-state index is -0.398. The summed E-state index contributed by atoms with van der Waals surface area (Å²) >= 11 is 13.7. The highest BCUT2D eigenvalue weighted by molar-refractivity contribution is 7.10. The van der Waals surface area contributed by atoms with E-state index in [0.29, 0.717) is 41.2 Å². The number of rotatable bonds is 9. The van der Waals surface area contributed by atoms with E-state index in [0.717, 1.165) is 12.0 Å². The summed E-state index contributed by atoms with van der Waals surface area (Å²) in [5.74, 6) is 0.519. The van der Waals surface area contributed by atoms with Gasteiger partial charge in [0.15, 0.2) is 0 Å². The molecule has 7 nitrogen and oxygen atoms in total. The van der Waals surface area contributed by atoms with Crippen LogP contribution in [0.1, 0.15) is 16.5 Å². The number of nitrogens with zero attached hydrogens (tertiary/aromatic N) is 2. The van der Waals surface area contributed by atoms with E-state index in [2.05, 4.69) is 5.32 Å². The monoisotopic (exact) mass is 547 g/mol. The molecule has 2 aromatic carbocycles. The summed E-state index contributed by atoms with van der Waals surface area (Å²) in [5, 5.41) is 5.99. The molecule has 0 saturated carbocycles. The predicted molar refractivity (Wildman–Crippen MR) is 143 cm³/mol. The normalized spacial score (nSPS) is 14.8. The molecule has 1 atom stereocenters. The number of urea groups is 1. The van der Waals surface area contributed by atoms with Crippen molar-refractivity contribution in [2.75, 3.05) is 45.3 Å². The highest BCUT2D eigenvalue weighted by Gasteiger charge is 2.33. The Balaban J connectivity index is 1.48. The van der Waals surface area contributed by atoms with Crippen LogP contribution in [0.2, 0.25) is 10.0 Å². The van der Waals surface area contributed by atoms with Gasteiger partial charge in [-0.15, -0.1) is 11.3 Å². The fourth-order valence-corrected chi connectivity index (χ4v) is 5.30.